The summed E-state index contributed by atoms with van der Waals surface area (Å²) in [5.41, 5.74) is 0. The van der Waals surface area contributed by atoms with Gasteiger partial charge in [-0.05, 0) is 19.3 Å². The third kappa shape index (κ3) is 18.3. The number of esters is 2. The summed E-state index contributed by atoms with van der Waals surface area (Å²) in [6.07, 6.45) is 6.97. The summed E-state index contributed by atoms with van der Waals surface area (Å²) < 4.78 is 47.1. The van der Waals surface area contributed by atoms with E-state index in [2.05, 4.69) is 28.2 Å². The van der Waals surface area contributed by atoms with Crippen LogP contribution in [-0.4, -0.2) is 66.5 Å². The number of rotatable bonds is 20. The molecule has 0 aliphatic heterocycles. The van der Waals surface area contributed by atoms with E-state index in [1.807, 2.05) is 0 Å². The quantitative estimate of drug-likeness (QED) is 0.117. The van der Waals surface area contributed by atoms with E-state index in [0.717, 1.165) is 38.1 Å². The summed E-state index contributed by atoms with van der Waals surface area (Å²) in [6.45, 7) is 2.20. The molecule has 0 saturated carbocycles. The number of carbonyl (C=O) groups is 3. The maximum atomic E-state index is 12.7. The summed E-state index contributed by atoms with van der Waals surface area (Å²) in [7, 11) is 2.27. The molecule has 0 aromatic rings. The Labute approximate surface area is 229 Å². The SMILES string of the molecule is CCCCCCCCCCCCC#C[C@H](SC[C@H](NC(=O)C(F)(F)F)C(=O)OC)[C@H](O)CCCC(=O)OC. The van der Waals surface area contributed by atoms with Crippen LogP contribution in [0.15, 0.2) is 0 Å². The zero-order valence-electron chi connectivity index (χ0n) is 22.9. The van der Waals surface area contributed by atoms with Gasteiger partial charge in [-0.25, -0.2) is 4.79 Å². The number of thioether (sulfide) groups is 1. The highest BCUT2D eigenvalue weighted by atomic mass is 32.2. The fraction of sp³-hybridized carbons (Fsp3) is 0.815. The summed E-state index contributed by atoms with van der Waals surface area (Å²) in [5.74, 6) is 2.00. The first kappa shape index (κ1) is 36.1. The summed E-state index contributed by atoms with van der Waals surface area (Å²) in [4.78, 5) is 34.6. The van der Waals surface area contributed by atoms with Gasteiger partial charge in [-0.2, -0.15) is 13.2 Å². The first-order chi connectivity index (χ1) is 18.1. The third-order valence-electron chi connectivity index (χ3n) is 5.85. The third-order valence-corrected chi connectivity index (χ3v) is 7.17. The average molecular weight is 568 g/mol. The van der Waals surface area contributed by atoms with Gasteiger partial charge in [0.25, 0.3) is 0 Å². The molecule has 0 fully saturated rings. The molecule has 0 rings (SSSR count). The normalized spacial score (nSPS) is 13.6. The molecule has 2 N–H and O–H groups in total. The van der Waals surface area contributed by atoms with Gasteiger partial charge in [0.1, 0.15) is 6.04 Å². The van der Waals surface area contributed by atoms with Gasteiger partial charge in [0, 0.05) is 18.6 Å². The van der Waals surface area contributed by atoms with Crippen molar-refractivity contribution in [1.29, 1.82) is 0 Å². The largest absolute Gasteiger partial charge is 0.471 e. The Morgan fingerprint density at radius 1 is 0.921 bits per heavy atom. The van der Waals surface area contributed by atoms with Crippen LogP contribution in [0.25, 0.3) is 0 Å². The van der Waals surface area contributed by atoms with Crippen LogP contribution in [-0.2, 0) is 23.9 Å². The summed E-state index contributed by atoms with van der Waals surface area (Å²) in [6, 6.07) is -1.56. The van der Waals surface area contributed by atoms with Crippen LogP contribution in [0, 0.1) is 11.8 Å². The van der Waals surface area contributed by atoms with Crippen molar-refractivity contribution in [2.24, 2.45) is 0 Å². The Bertz CT molecular complexity index is 739. The first-order valence-electron chi connectivity index (χ1n) is 13.4. The highest BCUT2D eigenvalue weighted by molar-refractivity contribution is 8.00. The zero-order valence-corrected chi connectivity index (χ0v) is 23.7. The molecular formula is C27H44F3NO6S. The number of nitrogens with one attached hydrogen (secondary N) is 1. The predicted molar refractivity (Wildman–Crippen MR) is 142 cm³/mol. The van der Waals surface area contributed by atoms with Crippen LogP contribution in [0.3, 0.4) is 0 Å². The second-order valence-electron chi connectivity index (χ2n) is 9.09. The molecule has 1 amide bonds. The molecular weight excluding hydrogens is 523 g/mol. The number of aliphatic hydroxyl groups is 1. The van der Waals surface area contributed by atoms with Gasteiger partial charge in [0.2, 0.25) is 0 Å². The maximum absolute atomic E-state index is 12.7. The highest BCUT2D eigenvalue weighted by Crippen LogP contribution is 2.21. The molecule has 0 unspecified atom stereocenters. The van der Waals surface area contributed by atoms with Crippen LogP contribution in [0.5, 0.6) is 0 Å². The number of halogens is 3. The van der Waals surface area contributed by atoms with Gasteiger partial charge in [-0.15, -0.1) is 17.7 Å². The fourth-order valence-electron chi connectivity index (χ4n) is 3.58. The van der Waals surface area contributed by atoms with Crippen LogP contribution in [0.4, 0.5) is 13.2 Å². The van der Waals surface area contributed by atoms with E-state index in [9.17, 15) is 32.7 Å². The van der Waals surface area contributed by atoms with Crippen molar-refractivity contribution >= 4 is 29.6 Å². The van der Waals surface area contributed by atoms with Gasteiger partial charge < -0.3 is 19.9 Å². The van der Waals surface area contributed by atoms with Crippen molar-refractivity contribution in [3.05, 3.63) is 0 Å². The Balaban J connectivity index is 4.88. The lowest BCUT2D eigenvalue weighted by Crippen LogP contribution is -2.49. The number of ether oxygens (including phenoxy) is 2. The highest BCUT2D eigenvalue weighted by Gasteiger charge is 2.41. The van der Waals surface area contributed by atoms with Gasteiger partial charge in [-0.1, -0.05) is 70.6 Å². The lowest BCUT2D eigenvalue weighted by molar-refractivity contribution is -0.175. The minimum absolute atomic E-state index is 0.101. The minimum Gasteiger partial charge on any atom is -0.469 e. The topological polar surface area (TPSA) is 102 Å². The van der Waals surface area contributed by atoms with Crippen LogP contribution in [0.1, 0.15) is 96.8 Å². The lowest BCUT2D eigenvalue weighted by Gasteiger charge is -2.21. The van der Waals surface area contributed by atoms with E-state index in [1.165, 1.54) is 52.1 Å². The first-order valence-corrected chi connectivity index (χ1v) is 14.4. The number of aliphatic hydroxyl groups excluding tert-OH is 1. The zero-order chi connectivity index (χ0) is 28.8. The van der Waals surface area contributed by atoms with Crippen molar-refractivity contribution in [2.45, 2.75) is 120 Å². The molecule has 0 radical (unpaired) electrons. The van der Waals surface area contributed by atoms with Crippen molar-refractivity contribution in [1.82, 2.24) is 5.32 Å². The second-order valence-corrected chi connectivity index (χ2v) is 10.3. The van der Waals surface area contributed by atoms with Crippen LogP contribution < -0.4 is 5.32 Å². The number of unbranched alkanes of at least 4 members (excludes halogenated alkanes) is 10. The molecule has 7 nitrogen and oxygen atoms in total. The number of alkyl halides is 3. The fourth-order valence-corrected chi connectivity index (χ4v) is 4.73. The van der Waals surface area contributed by atoms with Crippen molar-refractivity contribution in [3.8, 4) is 11.8 Å². The van der Waals surface area contributed by atoms with Gasteiger partial charge in [0.05, 0.1) is 25.6 Å². The number of carbonyl (C=O) groups excluding carboxylic acids is 3. The molecule has 0 aromatic heterocycles. The van der Waals surface area contributed by atoms with E-state index >= 15 is 0 Å². The van der Waals surface area contributed by atoms with E-state index in [-0.39, 0.29) is 18.6 Å². The van der Waals surface area contributed by atoms with Crippen LogP contribution in [0.2, 0.25) is 0 Å². The molecule has 0 bridgehead atoms. The van der Waals surface area contributed by atoms with Gasteiger partial charge >= 0.3 is 24.0 Å². The Morgan fingerprint density at radius 3 is 2.03 bits per heavy atom. The predicted octanol–water partition coefficient (Wildman–Crippen LogP) is 5.33. The Kier molecular flexibility index (Phi) is 20.8. The molecule has 0 saturated heterocycles. The minimum atomic E-state index is -5.15. The van der Waals surface area contributed by atoms with E-state index < -0.39 is 41.4 Å². The second kappa shape index (κ2) is 21.9. The Hall–Kier alpha value is -1.93. The van der Waals surface area contributed by atoms with E-state index in [0.29, 0.717) is 12.8 Å². The number of amides is 1. The molecule has 0 aliphatic rings. The molecule has 0 heterocycles. The monoisotopic (exact) mass is 567 g/mol. The average Bonchev–Trinajstić information content (AvgIpc) is 2.88. The smallest absolute Gasteiger partial charge is 0.469 e. The van der Waals surface area contributed by atoms with E-state index in [1.54, 1.807) is 5.32 Å². The molecule has 3 atom stereocenters. The molecule has 38 heavy (non-hydrogen) atoms. The lowest BCUT2D eigenvalue weighted by atomic mass is 10.1. The molecule has 11 heteroatoms. The summed E-state index contributed by atoms with van der Waals surface area (Å²) in [5, 5.41) is 11.5. The number of hydrogen-bond acceptors (Lipinski definition) is 7. The Morgan fingerprint density at radius 2 is 1.50 bits per heavy atom. The van der Waals surface area contributed by atoms with E-state index in [4.69, 9.17) is 0 Å². The van der Waals surface area contributed by atoms with Crippen LogP contribution >= 0.6 is 11.8 Å². The van der Waals surface area contributed by atoms with Crippen molar-refractivity contribution in [2.75, 3.05) is 20.0 Å². The van der Waals surface area contributed by atoms with Crippen molar-refractivity contribution < 1.29 is 42.1 Å². The standard InChI is InChI=1S/C27H44F3NO6S/c1-4-5-6-7-8-9-10-11-12-13-14-15-18-23(22(32)17-16-19-24(33)36-2)38-20-21(25(34)37-3)31-26(35)27(28,29)30/h21-23,32H,4-14,16-17,19-20H2,1-3H3,(H,31,35)/t21-,22+,23-/m0/s1. The molecule has 220 valence electrons. The number of methoxy groups -OCH3 is 2. The summed E-state index contributed by atoms with van der Waals surface area (Å²) >= 11 is 0.959. The number of hydrogen-bond donors (Lipinski definition) is 2. The van der Waals surface area contributed by atoms with Gasteiger partial charge in [0.15, 0.2) is 0 Å². The van der Waals surface area contributed by atoms with Crippen molar-refractivity contribution in [3.63, 3.8) is 0 Å². The maximum Gasteiger partial charge on any atom is 0.471 e. The molecule has 0 aromatic carbocycles. The molecule has 0 aliphatic carbocycles. The molecule has 0 spiro atoms. The van der Waals surface area contributed by atoms with Gasteiger partial charge in [-0.3, -0.25) is 9.59 Å².